The van der Waals surface area contributed by atoms with Gasteiger partial charge in [0.25, 0.3) is 0 Å². The number of nitrogens with one attached hydrogen (secondary N) is 1. The standard InChI is InChI=1S/C20H20N6O/c1-13-8-16-14(9-21-13)4-2-6-17(16)27-10-15-5-3-7-26(15)20-18-19(23-11-22-18)24-12-25-20/h2,4,6,8-9,11-12,15H,3,5,7,10H2,1H3,(H,22,23,24,25)/t15-/m1/s1. The number of hydrogen-bond acceptors (Lipinski definition) is 6. The highest BCUT2D eigenvalue weighted by Gasteiger charge is 2.28. The first kappa shape index (κ1) is 16.0. The van der Waals surface area contributed by atoms with E-state index in [1.54, 1.807) is 12.7 Å². The van der Waals surface area contributed by atoms with E-state index in [0.29, 0.717) is 12.3 Å². The van der Waals surface area contributed by atoms with Crippen molar-refractivity contribution in [1.82, 2.24) is 24.9 Å². The van der Waals surface area contributed by atoms with E-state index < -0.39 is 0 Å². The second-order valence-electron chi connectivity index (χ2n) is 6.90. The number of pyridine rings is 1. The molecule has 7 nitrogen and oxygen atoms in total. The van der Waals surface area contributed by atoms with Crippen LogP contribution in [0.1, 0.15) is 18.5 Å². The van der Waals surface area contributed by atoms with Crippen LogP contribution in [0.15, 0.2) is 43.1 Å². The highest BCUT2D eigenvalue weighted by atomic mass is 16.5. The first-order valence-corrected chi connectivity index (χ1v) is 9.18. The molecule has 1 saturated heterocycles. The molecule has 0 saturated carbocycles. The Hall–Kier alpha value is -3.22. The predicted molar refractivity (Wildman–Crippen MR) is 104 cm³/mol. The number of H-pyrrole nitrogens is 1. The van der Waals surface area contributed by atoms with Crippen molar-refractivity contribution in [3.63, 3.8) is 0 Å². The van der Waals surface area contributed by atoms with Gasteiger partial charge in [0, 0.05) is 29.2 Å². The fourth-order valence-corrected chi connectivity index (χ4v) is 3.82. The smallest absolute Gasteiger partial charge is 0.182 e. The van der Waals surface area contributed by atoms with Gasteiger partial charge in [-0.2, -0.15) is 0 Å². The summed E-state index contributed by atoms with van der Waals surface area (Å²) < 4.78 is 6.26. The lowest BCUT2D eigenvalue weighted by Crippen LogP contribution is -2.35. The van der Waals surface area contributed by atoms with Gasteiger partial charge in [0.1, 0.15) is 24.2 Å². The number of hydrogen-bond donors (Lipinski definition) is 1. The Labute approximate surface area is 156 Å². The molecule has 4 aromatic rings. The van der Waals surface area contributed by atoms with Crippen LogP contribution in [0.25, 0.3) is 21.9 Å². The Morgan fingerprint density at radius 1 is 1.22 bits per heavy atom. The van der Waals surface area contributed by atoms with Crippen LogP contribution in [-0.2, 0) is 0 Å². The van der Waals surface area contributed by atoms with E-state index in [2.05, 4.69) is 42.0 Å². The number of aryl methyl sites for hydroxylation is 1. The normalized spacial score (nSPS) is 17.1. The van der Waals surface area contributed by atoms with Crippen molar-refractivity contribution in [1.29, 1.82) is 0 Å². The van der Waals surface area contributed by atoms with Crippen molar-refractivity contribution in [3.05, 3.63) is 48.8 Å². The molecule has 27 heavy (non-hydrogen) atoms. The van der Waals surface area contributed by atoms with Crippen LogP contribution in [0.2, 0.25) is 0 Å². The molecule has 0 radical (unpaired) electrons. The molecule has 0 bridgehead atoms. The predicted octanol–water partition coefficient (Wildman–Crippen LogP) is 3.26. The maximum atomic E-state index is 6.26. The van der Waals surface area contributed by atoms with E-state index in [9.17, 15) is 0 Å². The molecule has 7 heteroatoms. The first-order chi connectivity index (χ1) is 13.3. The maximum Gasteiger partial charge on any atom is 0.182 e. The summed E-state index contributed by atoms with van der Waals surface area (Å²) in [4.78, 5) is 22.8. The molecule has 1 N–H and O–H groups in total. The topological polar surface area (TPSA) is 79.8 Å². The fourth-order valence-electron chi connectivity index (χ4n) is 3.82. The Morgan fingerprint density at radius 3 is 3.15 bits per heavy atom. The van der Waals surface area contributed by atoms with E-state index >= 15 is 0 Å². The Kier molecular flexibility index (Phi) is 3.85. The summed E-state index contributed by atoms with van der Waals surface area (Å²) in [5.74, 6) is 1.81. The van der Waals surface area contributed by atoms with Gasteiger partial charge in [-0.15, -0.1) is 0 Å². The van der Waals surface area contributed by atoms with E-state index in [1.807, 2.05) is 25.3 Å². The summed E-state index contributed by atoms with van der Waals surface area (Å²) in [6, 6.07) is 8.45. The average molecular weight is 360 g/mol. The lowest BCUT2D eigenvalue weighted by atomic mass is 10.1. The average Bonchev–Trinajstić information content (AvgIpc) is 3.35. The van der Waals surface area contributed by atoms with Crippen LogP contribution in [0.3, 0.4) is 0 Å². The van der Waals surface area contributed by atoms with Crippen LogP contribution in [0, 0.1) is 6.92 Å². The monoisotopic (exact) mass is 360 g/mol. The number of ether oxygens (including phenoxy) is 1. The molecule has 136 valence electrons. The van der Waals surface area contributed by atoms with Crippen LogP contribution in [-0.4, -0.2) is 44.1 Å². The molecule has 5 rings (SSSR count). The third kappa shape index (κ3) is 2.85. The van der Waals surface area contributed by atoms with Gasteiger partial charge in [0.2, 0.25) is 0 Å². The van der Waals surface area contributed by atoms with Crippen molar-refractivity contribution >= 4 is 27.8 Å². The van der Waals surface area contributed by atoms with Gasteiger partial charge >= 0.3 is 0 Å². The minimum absolute atomic E-state index is 0.268. The van der Waals surface area contributed by atoms with E-state index in [-0.39, 0.29) is 6.04 Å². The zero-order chi connectivity index (χ0) is 18.2. The largest absolute Gasteiger partial charge is 0.491 e. The summed E-state index contributed by atoms with van der Waals surface area (Å²) in [6.07, 6.45) is 7.33. The minimum atomic E-state index is 0.268. The molecule has 0 amide bonds. The third-order valence-electron chi connectivity index (χ3n) is 5.14. The van der Waals surface area contributed by atoms with Crippen molar-refractivity contribution in [2.24, 2.45) is 0 Å². The molecule has 0 aliphatic carbocycles. The molecular formula is C20H20N6O. The number of anilines is 1. The SMILES string of the molecule is Cc1cc2c(OC[C@H]3CCCN3c3ncnc4nc[nH]c34)cccc2cn1. The first-order valence-electron chi connectivity index (χ1n) is 9.18. The number of rotatable bonds is 4. The van der Waals surface area contributed by atoms with Crippen molar-refractivity contribution < 1.29 is 4.74 Å². The Bertz CT molecular complexity index is 1110. The van der Waals surface area contributed by atoms with Crippen molar-refractivity contribution in [2.75, 3.05) is 18.1 Å². The molecule has 0 spiro atoms. The highest BCUT2D eigenvalue weighted by molar-refractivity contribution is 5.88. The Balaban J connectivity index is 1.41. The van der Waals surface area contributed by atoms with Gasteiger partial charge in [-0.1, -0.05) is 12.1 Å². The van der Waals surface area contributed by atoms with Crippen LogP contribution < -0.4 is 9.64 Å². The number of nitrogens with zero attached hydrogens (tertiary/aromatic N) is 5. The molecule has 0 unspecified atom stereocenters. The maximum absolute atomic E-state index is 6.26. The quantitative estimate of drug-likeness (QED) is 0.602. The number of imidazole rings is 1. The molecule has 1 aromatic carbocycles. The van der Waals surface area contributed by atoms with Crippen molar-refractivity contribution in [3.8, 4) is 5.75 Å². The van der Waals surface area contributed by atoms with Gasteiger partial charge in [0.05, 0.1) is 12.4 Å². The van der Waals surface area contributed by atoms with E-state index in [1.165, 1.54) is 0 Å². The zero-order valence-corrected chi connectivity index (χ0v) is 15.1. The third-order valence-corrected chi connectivity index (χ3v) is 5.14. The molecule has 1 atom stereocenters. The summed E-state index contributed by atoms with van der Waals surface area (Å²) in [7, 11) is 0. The molecule has 4 heterocycles. The summed E-state index contributed by atoms with van der Waals surface area (Å²) in [5, 5.41) is 2.20. The lowest BCUT2D eigenvalue weighted by molar-refractivity contribution is 0.291. The number of aromatic nitrogens is 5. The second-order valence-corrected chi connectivity index (χ2v) is 6.90. The molecule has 1 aliphatic heterocycles. The molecule has 1 fully saturated rings. The van der Waals surface area contributed by atoms with E-state index in [0.717, 1.165) is 52.9 Å². The van der Waals surface area contributed by atoms with Gasteiger partial charge in [-0.05, 0) is 31.9 Å². The summed E-state index contributed by atoms with van der Waals surface area (Å²) in [5.41, 5.74) is 2.57. The van der Waals surface area contributed by atoms with Crippen LogP contribution in [0.5, 0.6) is 5.75 Å². The summed E-state index contributed by atoms with van der Waals surface area (Å²) >= 11 is 0. The van der Waals surface area contributed by atoms with Gasteiger partial charge in [0.15, 0.2) is 11.5 Å². The van der Waals surface area contributed by atoms with Gasteiger partial charge in [-0.3, -0.25) is 4.98 Å². The Morgan fingerprint density at radius 2 is 2.19 bits per heavy atom. The van der Waals surface area contributed by atoms with Crippen LogP contribution in [0.4, 0.5) is 5.82 Å². The highest BCUT2D eigenvalue weighted by Crippen LogP contribution is 2.30. The van der Waals surface area contributed by atoms with Crippen molar-refractivity contribution in [2.45, 2.75) is 25.8 Å². The fraction of sp³-hybridized carbons (Fsp3) is 0.300. The lowest BCUT2D eigenvalue weighted by Gasteiger charge is -2.26. The second kappa shape index (κ2) is 6.50. The summed E-state index contributed by atoms with van der Waals surface area (Å²) in [6.45, 7) is 3.57. The van der Waals surface area contributed by atoms with Gasteiger partial charge < -0.3 is 14.6 Å². The molecular weight excluding hydrogens is 340 g/mol. The van der Waals surface area contributed by atoms with E-state index in [4.69, 9.17) is 4.74 Å². The van der Waals surface area contributed by atoms with Gasteiger partial charge in [-0.25, -0.2) is 15.0 Å². The number of aromatic amines is 1. The molecule has 1 aliphatic rings. The molecule has 3 aromatic heterocycles. The van der Waals surface area contributed by atoms with Crippen LogP contribution >= 0.6 is 0 Å². The zero-order valence-electron chi connectivity index (χ0n) is 15.1. The minimum Gasteiger partial charge on any atom is -0.491 e. The number of fused-ring (bicyclic) bond motifs is 2. The number of benzene rings is 1.